The second kappa shape index (κ2) is 11.8. The van der Waals surface area contributed by atoms with Crippen LogP contribution in [0.4, 0.5) is 0 Å². The van der Waals surface area contributed by atoms with Crippen LogP contribution in [0.3, 0.4) is 0 Å². The summed E-state index contributed by atoms with van der Waals surface area (Å²) in [6.07, 6.45) is 11.2. The second-order valence-corrected chi connectivity index (χ2v) is 18.6. The largest absolute Gasteiger partial charge is 0.500 e. The van der Waals surface area contributed by atoms with Gasteiger partial charge in [0, 0.05) is 51.7 Å². The molecule has 0 aliphatic heterocycles. The Morgan fingerprint density at radius 1 is 0.421 bits per heavy atom. The molecule has 0 aromatic carbocycles. The van der Waals surface area contributed by atoms with Gasteiger partial charge in [0.1, 0.15) is 0 Å². The molecule has 0 aromatic heterocycles. The summed E-state index contributed by atoms with van der Waals surface area (Å²) >= 11 is 0. The van der Waals surface area contributed by atoms with Gasteiger partial charge in [-0.25, -0.2) is 0 Å². The standard InChI is InChI=1S/C30H56O6Si2/c1-7-31-37(32-8-2,33-9-3)15-13-29-17-23-26-20-30(14-16-38(34-10-4,35-11-5)36-12-6)21-27(23)25(19-29)28(22-30)24(26)18-29/h23-28H,7-22H2,1-6H3. The van der Waals surface area contributed by atoms with E-state index < -0.39 is 17.6 Å². The van der Waals surface area contributed by atoms with Crippen molar-refractivity contribution in [2.45, 2.75) is 105 Å². The lowest BCUT2D eigenvalue weighted by Crippen LogP contribution is -2.68. The minimum Gasteiger partial charge on any atom is -0.374 e. The maximum Gasteiger partial charge on any atom is 0.500 e. The average molecular weight is 569 g/mol. The van der Waals surface area contributed by atoms with Gasteiger partial charge in [-0.1, -0.05) is 0 Å². The van der Waals surface area contributed by atoms with E-state index in [4.69, 9.17) is 26.6 Å². The van der Waals surface area contributed by atoms with E-state index in [9.17, 15) is 0 Å². The first kappa shape index (κ1) is 29.7. The summed E-state index contributed by atoms with van der Waals surface area (Å²) in [6.45, 7) is 16.6. The summed E-state index contributed by atoms with van der Waals surface area (Å²) in [5, 5.41) is 0. The Hall–Kier alpha value is 0.194. The first-order valence-corrected chi connectivity index (χ1v) is 20.0. The highest BCUT2D eigenvalue weighted by Gasteiger charge is 2.70. The molecule has 7 fully saturated rings. The molecule has 0 amide bonds. The summed E-state index contributed by atoms with van der Waals surface area (Å²) in [7, 11) is -5.15. The van der Waals surface area contributed by atoms with Crippen molar-refractivity contribution in [2.75, 3.05) is 39.6 Å². The monoisotopic (exact) mass is 568 g/mol. The van der Waals surface area contributed by atoms with Crippen molar-refractivity contribution < 1.29 is 26.6 Å². The van der Waals surface area contributed by atoms with Crippen molar-refractivity contribution in [3.63, 3.8) is 0 Å². The molecule has 0 aromatic rings. The van der Waals surface area contributed by atoms with Gasteiger partial charge in [0.15, 0.2) is 0 Å². The molecule has 8 heteroatoms. The van der Waals surface area contributed by atoms with Gasteiger partial charge in [0.2, 0.25) is 0 Å². The lowest BCUT2D eigenvalue weighted by molar-refractivity contribution is -0.258. The van der Waals surface area contributed by atoms with Gasteiger partial charge < -0.3 is 26.6 Å². The minimum absolute atomic E-state index is 0.505. The highest BCUT2D eigenvalue weighted by atomic mass is 28.4. The summed E-state index contributed by atoms with van der Waals surface area (Å²) in [6, 6.07) is 2.00. The second-order valence-electron chi connectivity index (χ2n) is 13.2. The summed E-state index contributed by atoms with van der Waals surface area (Å²) in [5.41, 5.74) is 1.01. The molecule has 0 radical (unpaired) electrons. The number of hydrogen-bond acceptors (Lipinski definition) is 6. The quantitative estimate of drug-likeness (QED) is 0.167. The first-order chi connectivity index (χ1) is 18.3. The molecule has 8 bridgehead atoms. The molecule has 7 aliphatic carbocycles. The molecule has 7 aliphatic rings. The predicted molar refractivity (Wildman–Crippen MR) is 154 cm³/mol. The van der Waals surface area contributed by atoms with E-state index in [2.05, 4.69) is 41.5 Å². The maximum absolute atomic E-state index is 6.26. The van der Waals surface area contributed by atoms with Gasteiger partial charge in [0.25, 0.3) is 0 Å². The van der Waals surface area contributed by atoms with Crippen LogP contribution in [0.25, 0.3) is 0 Å². The molecule has 7 saturated carbocycles. The zero-order valence-corrected chi connectivity index (χ0v) is 27.2. The van der Waals surface area contributed by atoms with Crippen molar-refractivity contribution in [2.24, 2.45) is 46.3 Å². The fourth-order valence-corrected chi connectivity index (χ4v) is 16.4. The van der Waals surface area contributed by atoms with E-state index in [0.29, 0.717) is 50.5 Å². The van der Waals surface area contributed by atoms with E-state index in [1.807, 2.05) is 0 Å². The van der Waals surface area contributed by atoms with Crippen LogP contribution in [-0.4, -0.2) is 57.3 Å². The molecule has 220 valence electrons. The molecule has 0 heterocycles. The summed E-state index contributed by atoms with van der Waals surface area (Å²) in [4.78, 5) is 0. The van der Waals surface area contributed by atoms with E-state index in [1.165, 1.54) is 51.4 Å². The van der Waals surface area contributed by atoms with Crippen LogP contribution in [0, 0.1) is 46.3 Å². The van der Waals surface area contributed by atoms with Crippen molar-refractivity contribution in [1.82, 2.24) is 0 Å². The van der Waals surface area contributed by atoms with Crippen LogP contribution in [0.2, 0.25) is 12.1 Å². The Kier molecular flexibility index (Phi) is 9.23. The smallest absolute Gasteiger partial charge is 0.374 e. The Balaban J connectivity index is 1.27. The van der Waals surface area contributed by atoms with Crippen molar-refractivity contribution in [1.29, 1.82) is 0 Å². The van der Waals surface area contributed by atoms with E-state index in [1.54, 1.807) is 0 Å². The van der Waals surface area contributed by atoms with Gasteiger partial charge >= 0.3 is 17.6 Å². The van der Waals surface area contributed by atoms with Crippen molar-refractivity contribution >= 4 is 17.6 Å². The van der Waals surface area contributed by atoms with Gasteiger partial charge in [-0.05, 0) is 139 Å². The van der Waals surface area contributed by atoms with Gasteiger partial charge in [-0.15, -0.1) is 0 Å². The molecule has 0 atom stereocenters. The molecule has 7 rings (SSSR count). The average Bonchev–Trinajstić information content (AvgIpc) is 2.90. The van der Waals surface area contributed by atoms with Crippen LogP contribution in [-0.2, 0) is 26.6 Å². The third-order valence-electron chi connectivity index (χ3n) is 11.4. The fraction of sp³-hybridized carbons (Fsp3) is 1.00. The Morgan fingerprint density at radius 3 is 0.816 bits per heavy atom. The molecule has 0 spiro atoms. The minimum atomic E-state index is -2.58. The van der Waals surface area contributed by atoms with Gasteiger partial charge in [0.05, 0.1) is 0 Å². The van der Waals surface area contributed by atoms with Crippen molar-refractivity contribution in [3.05, 3.63) is 0 Å². The van der Waals surface area contributed by atoms with Gasteiger partial charge in [-0.3, -0.25) is 0 Å². The normalized spacial score (nSPS) is 39.0. The molecule has 0 saturated heterocycles. The maximum atomic E-state index is 6.26. The summed E-state index contributed by atoms with van der Waals surface area (Å²) < 4.78 is 37.6. The first-order valence-electron chi connectivity index (χ1n) is 16.2. The highest BCUT2D eigenvalue weighted by Crippen LogP contribution is 2.78. The van der Waals surface area contributed by atoms with Crippen LogP contribution in [0.15, 0.2) is 0 Å². The van der Waals surface area contributed by atoms with E-state index in [-0.39, 0.29) is 0 Å². The zero-order chi connectivity index (χ0) is 27.0. The molecule has 38 heavy (non-hydrogen) atoms. The third-order valence-corrected chi connectivity index (χ3v) is 17.5. The third kappa shape index (κ3) is 5.27. The lowest BCUT2D eigenvalue weighted by atomic mass is 9.30. The van der Waals surface area contributed by atoms with E-state index in [0.717, 1.165) is 47.6 Å². The highest BCUT2D eigenvalue weighted by molar-refractivity contribution is 6.61. The van der Waals surface area contributed by atoms with Crippen molar-refractivity contribution in [3.8, 4) is 0 Å². The predicted octanol–water partition coefficient (Wildman–Crippen LogP) is 6.94. The number of rotatable bonds is 18. The van der Waals surface area contributed by atoms with Crippen LogP contribution in [0.5, 0.6) is 0 Å². The van der Waals surface area contributed by atoms with Gasteiger partial charge in [-0.2, -0.15) is 0 Å². The molecular formula is C30H56O6Si2. The van der Waals surface area contributed by atoms with Crippen LogP contribution >= 0.6 is 0 Å². The Bertz CT molecular complexity index is 632. The lowest BCUT2D eigenvalue weighted by Gasteiger charge is -2.75. The Morgan fingerprint density at radius 2 is 0.632 bits per heavy atom. The molecule has 6 nitrogen and oxygen atoms in total. The molecule has 0 unspecified atom stereocenters. The zero-order valence-electron chi connectivity index (χ0n) is 25.2. The van der Waals surface area contributed by atoms with Crippen LogP contribution < -0.4 is 0 Å². The fourth-order valence-electron chi connectivity index (χ4n) is 10.7. The Labute approximate surface area is 234 Å². The number of hydrogen-bond donors (Lipinski definition) is 0. The summed E-state index contributed by atoms with van der Waals surface area (Å²) in [5.74, 6) is 5.71. The van der Waals surface area contributed by atoms with E-state index >= 15 is 0 Å². The molecule has 0 N–H and O–H groups in total. The SMILES string of the molecule is CCO[Si](CCC12CC3C4CC5(CC[Si](OCC)(OCC)OCC)CC3C(C1)C(C5)C4C2)(OCC)OCC. The topological polar surface area (TPSA) is 55.4 Å². The molecular weight excluding hydrogens is 512 g/mol. The van der Waals surface area contributed by atoms with Crippen LogP contribution in [0.1, 0.15) is 92.9 Å².